The number of rotatable bonds is 6. The third-order valence-corrected chi connectivity index (χ3v) is 4.84. The van der Waals surface area contributed by atoms with E-state index in [1.807, 2.05) is 29.7 Å². The molecule has 1 aliphatic rings. The van der Waals surface area contributed by atoms with Gasteiger partial charge in [-0.15, -0.1) is 0 Å². The van der Waals surface area contributed by atoms with Crippen LogP contribution in [0.25, 0.3) is 0 Å². The number of ether oxygens (including phenoxy) is 1. The number of carbonyl (C=O) groups is 1. The van der Waals surface area contributed by atoms with E-state index in [-0.39, 0.29) is 18.2 Å². The molecule has 24 heavy (non-hydrogen) atoms. The standard InChI is InChI=1S/C17H24N4O2S/c1-14-10-21(11-16(23-14)15-4-9-24-12-15)17(22)19-5-2-3-7-20-8-6-18-13-20/h4,6,8-9,12-14,16H,2-3,5,7,10-11H2,1H3,(H,19,22). The lowest BCUT2D eigenvalue weighted by molar-refractivity contribution is -0.0654. The van der Waals surface area contributed by atoms with Gasteiger partial charge in [-0.2, -0.15) is 11.3 Å². The maximum atomic E-state index is 12.4. The first-order valence-electron chi connectivity index (χ1n) is 8.38. The molecule has 0 aliphatic carbocycles. The molecule has 0 radical (unpaired) electrons. The highest BCUT2D eigenvalue weighted by Gasteiger charge is 2.29. The summed E-state index contributed by atoms with van der Waals surface area (Å²) >= 11 is 1.66. The Labute approximate surface area is 146 Å². The predicted molar refractivity (Wildman–Crippen MR) is 94.0 cm³/mol. The number of morpholine rings is 1. The number of aryl methyl sites for hydroxylation is 1. The van der Waals surface area contributed by atoms with E-state index in [1.165, 1.54) is 0 Å². The van der Waals surface area contributed by atoms with Gasteiger partial charge in [0.1, 0.15) is 6.10 Å². The Balaban J connectivity index is 1.40. The van der Waals surface area contributed by atoms with E-state index in [1.54, 1.807) is 17.5 Å². The second-order valence-electron chi connectivity index (χ2n) is 6.14. The fraction of sp³-hybridized carbons (Fsp3) is 0.529. The van der Waals surface area contributed by atoms with Crippen molar-refractivity contribution in [1.82, 2.24) is 19.8 Å². The van der Waals surface area contributed by atoms with E-state index in [9.17, 15) is 4.79 Å². The number of nitrogens with one attached hydrogen (secondary N) is 1. The van der Waals surface area contributed by atoms with E-state index < -0.39 is 0 Å². The number of imidazole rings is 1. The van der Waals surface area contributed by atoms with Crippen molar-refractivity contribution < 1.29 is 9.53 Å². The summed E-state index contributed by atoms with van der Waals surface area (Å²) in [6.07, 6.45) is 7.57. The van der Waals surface area contributed by atoms with Crippen LogP contribution in [0.2, 0.25) is 0 Å². The number of aromatic nitrogens is 2. The summed E-state index contributed by atoms with van der Waals surface area (Å²) in [5.41, 5.74) is 1.16. The molecule has 0 saturated carbocycles. The molecule has 1 saturated heterocycles. The molecular weight excluding hydrogens is 324 g/mol. The highest BCUT2D eigenvalue weighted by molar-refractivity contribution is 7.07. The van der Waals surface area contributed by atoms with Gasteiger partial charge in [0.05, 0.1) is 19.0 Å². The maximum Gasteiger partial charge on any atom is 0.317 e. The van der Waals surface area contributed by atoms with E-state index in [0.717, 1.165) is 24.9 Å². The molecule has 2 unspecified atom stereocenters. The molecule has 1 aliphatic heterocycles. The average molecular weight is 348 g/mol. The van der Waals surface area contributed by atoms with Crippen molar-refractivity contribution in [1.29, 1.82) is 0 Å². The first kappa shape index (κ1) is 17.0. The summed E-state index contributed by atoms with van der Waals surface area (Å²) in [5.74, 6) is 0. The molecule has 0 spiro atoms. The minimum Gasteiger partial charge on any atom is -0.367 e. The lowest BCUT2D eigenvalue weighted by Gasteiger charge is -2.36. The number of nitrogens with zero attached hydrogens (tertiary/aromatic N) is 3. The topological polar surface area (TPSA) is 59.4 Å². The van der Waals surface area contributed by atoms with E-state index in [0.29, 0.717) is 19.6 Å². The summed E-state index contributed by atoms with van der Waals surface area (Å²) in [5, 5.41) is 7.16. The number of hydrogen-bond donors (Lipinski definition) is 1. The zero-order valence-electron chi connectivity index (χ0n) is 13.9. The highest BCUT2D eigenvalue weighted by Crippen LogP contribution is 2.26. The van der Waals surface area contributed by atoms with Crippen molar-refractivity contribution in [3.05, 3.63) is 41.1 Å². The molecule has 0 bridgehead atoms. The van der Waals surface area contributed by atoms with Crippen LogP contribution in [0, 0.1) is 0 Å². The largest absolute Gasteiger partial charge is 0.367 e. The zero-order valence-corrected chi connectivity index (χ0v) is 14.7. The van der Waals surface area contributed by atoms with Crippen molar-refractivity contribution >= 4 is 17.4 Å². The van der Waals surface area contributed by atoms with Crippen LogP contribution in [0.3, 0.4) is 0 Å². The smallest absolute Gasteiger partial charge is 0.317 e. The molecule has 1 fully saturated rings. The quantitative estimate of drug-likeness (QED) is 0.817. The van der Waals surface area contributed by atoms with Crippen LogP contribution < -0.4 is 5.32 Å². The SMILES string of the molecule is CC1CN(C(=O)NCCCCn2ccnc2)CC(c2ccsc2)O1. The third-order valence-electron chi connectivity index (χ3n) is 4.14. The van der Waals surface area contributed by atoms with E-state index >= 15 is 0 Å². The monoisotopic (exact) mass is 348 g/mol. The van der Waals surface area contributed by atoms with Crippen LogP contribution in [0.1, 0.15) is 31.4 Å². The minimum absolute atomic E-state index is 0.00742. The summed E-state index contributed by atoms with van der Waals surface area (Å²) < 4.78 is 8.02. The van der Waals surface area contributed by atoms with Crippen LogP contribution in [0.15, 0.2) is 35.5 Å². The Morgan fingerprint density at radius 1 is 1.46 bits per heavy atom. The maximum absolute atomic E-state index is 12.4. The van der Waals surface area contributed by atoms with Crippen molar-refractivity contribution in [2.24, 2.45) is 0 Å². The van der Waals surface area contributed by atoms with Gasteiger partial charge in [-0.25, -0.2) is 9.78 Å². The number of unbranched alkanes of at least 4 members (excludes halogenated alkanes) is 1. The van der Waals surface area contributed by atoms with Crippen molar-refractivity contribution in [3.8, 4) is 0 Å². The highest BCUT2D eigenvalue weighted by atomic mass is 32.1. The lowest BCUT2D eigenvalue weighted by Crippen LogP contribution is -2.50. The van der Waals surface area contributed by atoms with Gasteiger partial charge in [0, 0.05) is 32.0 Å². The minimum atomic E-state index is -0.0213. The normalized spacial score (nSPS) is 21.0. The third kappa shape index (κ3) is 4.58. The summed E-state index contributed by atoms with van der Waals surface area (Å²) in [6.45, 7) is 4.90. The van der Waals surface area contributed by atoms with Gasteiger partial charge in [-0.3, -0.25) is 0 Å². The Kier molecular flexibility index (Phi) is 5.87. The Bertz CT molecular complexity index is 615. The zero-order chi connectivity index (χ0) is 16.8. The van der Waals surface area contributed by atoms with Crippen LogP contribution in [-0.4, -0.2) is 46.2 Å². The van der Waals surface area contributed by atoms with Crippen molar-refractivity contribution in [2.75, 3.05) is 19.6 Å². The first-order valence-corrected chi connectivity index (χ1v) is 9.32. The number of amides is 2. The molecule has 130 valence electrons. The van der Waals surface area contributed by atoms with Crippen molar-refractivity contribution in [3.63, 3.8) is 0 Å². The van der Waals surface area contributed by atoms with Crippen LogP contribution >= 0.6 is 11.3 Å². The number of thiophene rings is 1. The molecular formula is C17H24N4O2S. The fourth-order valence-corrected chi connectivity index (χ4v) is 3.61. The summed E-state index contributed by atoms with van der Waals surface area (Å²) in [4.78, 5) is 18.3. The molecule has 2 aromatic heterocycles. The molecule has 1 N–H and O–H groups in total. The molecule has 0 aromatic carbocycles. The van der Waals surface area contributed by atoms with Gasteiger partial charge in [0.25, 0.3) is 0 Å². The predicted octanol–water partition coefficient (Wildman–Crippen LogP) is 2.90. The molecule has 3 heterocycles. The van der Waals surface area contributed by atoms with Gasteiger partial charge in [0.2, 0.25) is 0 Å². The Morgan fingerprint density at radius 3 is 3.12 bits per heavy atom. The first-order chi connectivity index (χ1) is 11.7. The fourth-order valence-electron chi connectivity index (χ4n) is 2.91. The van der Waals surface area contributed by atoms with Gasteiger partial charge < -0.3 is 19.5 Å². The molecule has 3 rings (SSSR count). The summed E-state index contributed by atoms with van der Waals surface area (Å²) in [6, 6.07) is 2.08. The molecule has 6 nitrogen and oxygen atoms in total. The van der Waals surface area contributed by atoms with Crippen LogP contribution in [0.5, 0.6) is 0 Å². The average Bonchev–Trinajstić information content (AvgIpc) is 3.27. The molecule has 2 aromatic rings. The number of carbonyl (C=O) groups excluding carboxylic acids is 1. The van der Waals surface area contributed by atoms with Gasteiger partial charge in [-0.1, -0.05) is 0 Å². The van der Waals surface area contributed by atoms with Crippen LogP contribution in [0.4, 0.5) is 4.79 Å². The Morgan fingerprint density at radius 2 is 2.38 bits per heavy atom. The molecule has 7 heteroatoms. The van der Waals surface area contributed by atoms with Gasteiger partial charge in [0.15, 0.2) is 0 Å². The molecule has 2 atom stereocenters. The second kappa shape index (κ2) is 8.30. The van der Waals surface area contributed by atoms with E-state index in [2.05, 4.69) is 26.3 Å². The molecule has 2 amide bonds. The van der Waals surface area contributed by atoms with Gasteiger partial charge >= 0.3 is 6.03 Å². The number of urea groups is 1. The van der Waals surface area contributed by atoms with Crippen LogP contribution in [-0.2, 0) is 11.3 Å². The van der Waals surface area contributed by atoms with E-state index in [4.69, 9.17) is 4.74 Å². The van der Waals surface area contributed by atoms with Crippen molar-refractivity contribution in [2.45, 2.75) is 38.5 Å². The number of hydrogen-bond acceptors (Lipinski definition) is 4. The summed E-state index contributed by atoms with van der Waals surface area (Å²) in [7, 11) is 0. The Hall–Kier alpha value is -1.86. The second-order valence-corrected chi connectivity index (χ2v) is 6.92. The van der Waals surface area contributed by atoms with Gasteiger partial charge in [-0.05, 0) is 42.2 Å². The lowest BCUT2D eigenvalue weighted by atomic mass is 10.1.